The molecule has 1 aliphatic rings. The molecule has 0 bridgehead atoms. The molecule has 0 amide bonds. The van der Waals surface area contributed by atoms with Crippen LogP contribution in [0.15, 0.2) is 30.6 Å². The summed E-state index contributed by atoms with van der Waals surface area (Å²) < 4.78 is 2.10. The Morgan fingerprint density at radius 3 is 2.95 bits per heavy atom. The summed E-state index contributed by atoms with van der Waals surface area (Å²) in [6, 6.07) is 6.78. The molecule has 114 valence electrons. The average Bonchev–Trinajstić information content (AvgIpc) is 3.01. The molecule has 0 aromatic carbocycles. The highest BCUT2D eigenvalue weighted by molar-refractivity contribution is 5.39. The Morgan fingerprint density at radius 2 is 2.19 bits per heavy atom. The second-order valence-corrected chi connectivity index (χ2v) is 7.10. The SMILES string of the molecule is CC(C)(C)NCC1CCCN1Cc1cn2ccccc2n1. The van der Waals surface area contributed by atoms with E-state index >= 15 is 0 Å². The van der Waals surface area contributed by atoms with Crippen molar-refractivity contribution < 1.29 is 0 Å². The Labute approximate surface area is 127 Å². The van der Waals surface area contributed by atoms with E-state index in [0.717, 1.165) is 18.7 Å². The van der Waals surface area contributed by atoms with Crippen molar-refractivity contribution in [2.45, 2.75) is 51.7 Å². The molecule has 0 aliphatic carbocycles. The molecule has 1 unspecified atom stereocenters. The van der Waals surface area contributed by atoms with E-state index in [9.17, 15) is 0 Å². The molecule has 0 spiro atoms. The molecule has 2 aromatic rings. The van der Waals surface area contributed by atoms with E-state index in [2.05, 4.69) is 53.8 Å². The third kappa shape index (κ3) is 3.63. The van der Waals surface area contributed by atoms with Gasteiger partial charge in [-0.1, -0.05) is 6.07 Å². The quantitative estimate of drug-likeness (QED) is 0.938. The number of aromatic nitrogens is 2. The minimum atomic E-state index is 0.192. The summed E-state index contributed by atoms with van der Waals surface area (Å²) >= 11 is 0. The van der Waals surface area contributed by atoms with Gasteiger partial charge in [-0.05, 0) is 52.3 Å². The lowest BCUT2D eigenvalue weighted by Gasteiger charge is -2.28. The second kappa shape index (κ2) is 5.78. The summed E-state index contributed by atoms with van der Waals surface area (Å²) in [5, 5.41) is 3.64. The van der Waals surface area contributed by atoms with Gasteiger partial charge in [0.05, 0.1) is 5.69 Å². The Bertz CT molecular complexity index is 563. The van der Waals surface area contributed by atoms with Gasteiger partial charge in [-0.15, -0.1) is 0 Å². The van der Waals surface area contributed by atoms with Crippen LogP contribution in [0.3, 0.4) is 0 Å². The Hall–Kier alpha value is -1.39. The number of nitrogens with one attached hydrogen (secondary N) is 1. The Balaban J connectivity index is 1.65. The fourth-order valence-electron chi connectivity index (χ4n) is 3.03. The first-order valence-electron chi connectivity index (χ1n) is 7.93. The van der Waals surface area contributed by atoms with Crippen LogP contribution in [0.25, 0.3) is 5.65 Å². The van der Waals surface area contributed by atoms with Crippen LogP contribution in [0.2, 0.25) is 0 Å². The minimum absolute atomic E-state index is 0.192. The molecule has 2 aromatic heterocycles. The molecular formula is C17H26N4. The summed E-state index contributed by atoms with van der Waals surface area (Å²) in [6.45, 7) is 9.90. The van der Waals surface area contributed by atoms with E-state index in [-0.39, 0.29) is 5.54 Å². The van der Waals surface area contributed by atoms with Gasteiger partial charge < -0.3 is 9.72 Å². The number of nitrogens with zero attached hydrogens (tertiary/aromatic N) is 3. The largest absolute Gasteiger partial charge is 0.311 e. The topological polar surface area (TPSA) is 32.6 Å². The Kier molecular flexibility index (Phi) is 4.00. The lowest BCUT2D eigenvalue weighted by Crippen LogP contribution is -2.45. The smallest absolute Gasteiger partial charge is 0.137 e. The van der Waals surface area contributed by atoms with Crippen molar-refractivity contribution in [3.8, 4) is 0 Å². The lowest BCUT2D eigenvalue weighted by molar-refractivity contribution is 0.224. The van der Waals surface area contributed by atoms with Gasteiger partial charge in [0.15, 0.2) is 0 Å². The van der Waals surface area contributed by atoms with Crippen molar-refractivity contribution in [3.63, 3.8) is 0 Å². The first-order chi connectivity index (χ1) is 10.0. The van der Waals surface area contributed by atoms with Crippen molar-refractivity contribution in [2.75, 3.05) is 13.1 Å². The maximum absolute atomic E-state index is 4.72. The summed E-state index contributed by atoms with van der Waals surface area (Å²) in [5.74, 6) is 0. The van der Waals surface area contributed by atoms with Crippen LogP contribution >= 0.6 is 0 Å². The van der Waals surface area contributed by atoms with E-state index in [1.807, 2.05) is 12.1 Å². The van der Waals surface area contributed by atoms with E-state index in [4.69, 9.17) is 4.98 Å². The summed E-state index contributed by atoms with van der Waals surface area (Å²) in [4.78, 5) is 7.29. The maximum atomic E-state index is 4.72. The predicted molar refractivity (Wildman–Crippen MR) is 86.4 cm³/mol. The molecule has 1 fully saturated rings. The van der Waals surface area contributed by atoms with Crippen LogP contribution in [0.5, 0.6) is 0 Å². The van der Waals surface area contributed by atoms with E-state index in [0.29, 0.717) is 6.04 Å². The van der Waals surface area contributed by atoms with E-state index in [1.165, 1.54) is 25.1 Å². The highest BCUT2D eigenvalue weighted by atomic mass is 15.2. The third-order valence-corrected chi connectivity index (χ3v) is 4.15. The number of fused-ring (bicyclic) bond motifs is 1. The lowest BCUT2D eigenvalue weighted by atomic mass is 10.1. The van der Waals surface area contributed by atoms with Gasteiger partial charge in [0.2, 0.25) is 0 Å². The van der Waals surface area contributed by atoms with Crippen molar-refractivity contribution in [2.24, 2.45) is 0 Å². The average molecular weight is 286 g/mol. The van der Waals surface area contributed by atoms with Crippen LogP contribution in [-0.2, 0) is 6.54 Å². The molecule has 0 radical (unpaired) electrons. The van der Waals surface area contributed by atoms with E-state index in [1.54, 1.807) is 0 Å². The van der Waals surface area contributed by atoms with Crippen molar-refractivity contribution in [1.82, 2.24) is 19.6 Å². The molecule has 1 aliphatic heterocycles. The highest BCUT2D eigenvalue weighted by Gasteiger charge is 2.26. The van der Waals surface area contributed by atoms with Crippen LogP contribution in [0.1, 0.15) is 39.3 Å². The molecule has 1 saturated heterocycles. The van der Waals surface area contributed by atoms with Gasteiger partial charge >= 0.3 is 0 Å². The number of imidazole rings is 1. The molecule has 4 nitrogen and oxygen atoms in total. The van der Waals surface area contributed by atoms with Crippen molar-refractivity contribution in [3.05, 3.63) is 36.3 Å². The number of likely N-dealkylation sites (tertiary alicyclic amines) is 1. The van der Waals surface area contributed by atoms with Crippen LogP contribution in [0.4, 0.5) is 0 Å². The summed E-state index contributed by atoms with van der Waals surface area (Å²) in [7, 11) is 0. The molecule has 3 heterocycles. The zero-order chi connectivity index (χ0) is 14.9. The summed E-state index contributed by atoms with van der Waals surface area (Å²) in [5.41, 5.74) is 2.40. The molecule has 3 rings (SSSR count). The number of rotatable bonds is 4. The number of hydrogen-bond acceptors (Lipinski definition) is 3. The number of pyridine rings is 1. The van der Waals surface area contributed by atoms with E-state index < -0.39 is 0 Å². The highest BCUT2D eigenvalue weighted by Crippen LogP contribution is 2.20. The zero-order valence-corrected chi connectivity index (χ0v) is 13.3. The van der Waals surface area contributed by atoms with Gasteiger partial charge in [0, 0.05) is 37.1 Å². The third-order valence-electron chi connectivity index (χ3n) is 4.15. The van der Waals surface area contributed by atoms with Gasteiger partial charge in [-0.25, -0.2) is 4.98 Å². The fourth-order valence-corrected chi connectivity index (χ4v) is 3.03. The first-order valence-corrected chi connectivity index (χ1v) is 7.93. The predicted octanol–water partition coefficient (Wildman–Crippen LogP) is 2.69. The molecule has 1 N–H and O–H groups in total. The molecule has 0 saturated carbocycles. The minimum Gasteiger partial charge on any atom is -0.311 e. The van der Waals surface area contributed by atoms with Gasteiger partial charge in [0.1, 0.15) is 5.65 Å². The molecule has 21 heavy (non-hydrogen) atoms. The fraction of sp³-hybridized carbons (Fsp3) is 0.588. The second-order valence-electron chi connectivity index (χ2n) is 7.10. The normalized spacial score (nSPS) is 20.4. The molecule has 1 atom stereocenters. The van der Waals surface area contributed by atoms with Crippen LogP contribution < -0.4 is 5.32 Å². The zero-order valence-electron chi connectivity index (χ0n) is 13.3. The van der Waals surface area contributed by atoms with Gasteiger partial charge in [0.25, 0.3) is 0 Å². The maximum Gasteiger partial charge on any atom is 0.137 e. The van der Waals surface area contributed by atoms with Crippen molar-refractivity contribution in [1.29, 1.82) is 0 Å². The number of hydrogen-bond donors (Lipinski definition) is 1. The first kappa shape index (κ1) is 14.5. The standard InChI is InChI=1S/C17H26N4/c1-17(2,3)18-11-15-7-6-10-20(15)12-14-13-21-9-5-4-8-16(21)19-14/h4-5,8-9,13,15,18H,6-7,10-12H2,1-3H3. The van der Waals surface area contributed by atoms with Crippen LogP contribution in [-0.4, -0.2) is 39.0 Å². The van der Waals surface area contributed by atoms with Gasteiger partial charge in [-0.3, -0.25) is 4.90 Å². The molecule has 4 heteroatoms. The monoisotopic (exact) mass is 286 g/mol. The van der Waals surface area contributed by atoms with Gasteiger partial charge in [-0.2, -0.15) is 0 Å². The summed E-state index contributed by atoms with van der Waals surface area (Å²) in [6.07, 6.45) is 6.80. The van der Waals surface area contributed by atoms with Crippen LogP contribution in [0, 0.1) is 0 Å². The molecular weight excluding hydrogens is 260 g/mol. The Morgan fingerprint density at radius 1 is 1.33 bits per heavy atom. The van der Waals surface area contributed by atoms with Crippen molar-refractivity contribution >= 4 is 5.65 Å².